The highest BCUT2D eigenvalue weighted by Crippen LogP contribution is 2.39. The van der Waals surface area contributed by atoms with E-state index in [-0.39, 0.29) is 29.2 Å². The number of aryl methyl sites for hydroxylation is 1. The average molecular weight is 460 g/mol. The molecule has 170 valence electrons. The maximum absolute atomic E-state index is 14.7. The molecule has 2 unspecified atom stereocenters. The van der Waals surface area contributed by atoms with Crippen LogP contribution in [0.15, 0.2) is 29.8 Å². The first-order valence-corrected chi connectivity index (χ1v) is 11.3. The van der Waals surface area contributed by atoms with Crippen LogP contribution in [0.5, 0.6) is 0 Å². The Labute approximate surface area is 190 Å². The van der Waals surface area contributed by atoms with Gasteiger partial charge in [0.25, 0.3) is 0 Å². The van der Waals surface area contributed by atoms with Crippen molar-refractivity contribution in [2.75, 3.05) is 13.1 Å². The van der Waals surface area contributed by atoms with Crippen molar-refractivity contribution in [1.29, 1.82) is 0 Å². The number of carbonyl (C=O) groups is 2. The number of piperidine rings is 1. The molecule has 1 aliphatic carbocycles. The molecule has 32 heavy (non-hydrogen) atoms. The molecule has 0 bridgehead atoms. The Morgan fingerprint density at radius 3 is 2.78 bits per heavy atom. The minimum atomic E-state index is -0.865. The summed E-state index contributed by atoms with van der Waals surface area (Å²) in [5.41, 5.74) is 1.36. The second-order valence-electron chi connectivity index (χ2n) is 8.35. The van der Waals surface area contributed by atoms with Crippen molar-refractivity contribution >= 4 is 30.5 Å². The molecular weight excluding hydrogens is 433 g/mol. The van der Waals surface area contributed by atoms with Crippen LogP contribution in [-0.4, -0.2) is 60.3 Å². The second-order valence-corrected chi connectivity index (χ2v) is 8.98. The zero-order chi connectivity index (χ0) is 22.7. The van der Waals surface area contributed by atoms with Crippen molar-refractivity contribution in [3.63, 3.8) is 0 Å². The number of aromatic nitrogens is 4. The van der Waals surface area contributed by atoms with Crippen molar-refractivity contribution in [1.82, 2.24) is 25.1 Å². The number of thiol groups is 1. The molecule has 0 amide bonds. The van der Waals surface area contributed by atoms with Gasteiger partial charge in [-0.1, -0.05) is 18.2 Å². The second kappa shape index (κ2) is 9.91. The van der Waals surface area contributed by atoms with E-state index in [0.29, 0.717) is 43.9 Å². The molecule has 1 aliphatic heterocycles. The van der Waals surface area contributed by atoms with Crippen molar-refractivity contribution in [2.24, 2.45) is 5.92 Å². The van der Waals surface area contributed by atoms with Crippen LogP contribution in [0, 0.1) is 11.7 Å². The lowest BCUT2D eigenvalue weighted by Crippen LogP contribution is -2.42. The summed E-state index contributed by atoms with van der Waals surface area (Å²) in [6.07, 6.45) is 4.73. The SMILES string of the molecule is O=C(O)CCCn1nnnc1C=C1CN(C(C(=O)C2CC2)c2ccccc2F)CCC1S. The largest absolute Gasteiger partial charge is 0.481 e. The third-order valence-electron chi connectivity index (χ3n) is 5.95. The molecule has 1 saturated carbocycles. The van der Waals surface area contributed by atoms with Crippen LogP contribution in [0.3, 0.4) is 0 Å². The van der Waals surface area contributed by atoms with E-state index in [1.54, 1.807) is 22.9 Å². The van der Waals surface area contributed by atoms with Crippen LogP contribution in [-0.2, 0) is 16.1 Å². The third kappa shape index (κ3) is 5.24. The van der Waals surface area contributed by atoms with E-state index in [0.717, 1.165) is 18.4 Å². The van der Waals surface area contributed by atoms with Gasteiger partial charge in [-0.3, -0.25) is 14.5 Å². The number of carbonyl (C=O) groups excluding carboxylic acids is 1. The Morgan fingerprint density at radius 1 is 1.28 bits per heavy atom. The molecule has 0 spiro atoms. The average Bonchev–Trinajstić information content (AvgIpc) is 3.53. The summed E-state index contributed by atoms with van der Waals surface area (Å²) in [6.45, 7) is 1.47. The molecule has 2 fully saturated rings. The molecule has 4 rings (SSSR count). The van der Waals surface area contributed by atoms with Gasteiger partial charge in [-0.25, -0.2) is 9.07 Å². The topological polar surface area (TPSA) is 101 Å². The Bertz CT molecular complexity index is 1020. The van der Waals surface area contributed by atoms with Gasteiger partial charge in [0.2, 0.25) is 0 Å². The van der Waals surface area contributed by atoms with Crippen LogP contribution in [0.1, 0.15) is 49.5 Å². The Hall–Kier alpha value is -2.59. The van der Waals surface area contributed by atoms with Gasteiger partial charge in [0, 0.05) is 42.8 Å². The van der Waals surface area contributed by atoms with Gasteiger partial charge in [0.05, 0.1) is 6.04 Å². The monoisotopic (exact) mass is 459 g/mol. The van der Waals surface area contributed by atoms with Gasteiger partial charge in [-0.05, 0) is 53.8 Å². The smallest absolute Gasteiger partial charge is 0.303 e. The number of hydrogen-bond acceptors (Lipinski definition) is 7. The predicted octanol–water partition coefficient (Wildman–Crippen LogP) is 2.78. The summed E-state index contributed by atoms with van der Waals surface area (Å²) >= 11 is 4.71. The molecule has 2 atom stereocenters. The first-order chi connectivity index (χ1) is 15.4. The van der Waals surface area contributed by atoms with Gasteiger partial charge in [-0.15, -0.1) is 5.10 Å². The number of tetrazole rings is 1. The quantitative estimate of drug-likeness (QED) is 0.556. The lowest BCUT2D eigenvalue weighted by molar-refractivity contribution is -0.137. The summed E-state index contributed by atoms with van der Waals surface area (Å²) in [5, 5.41) is 20.5. The fourth-order valence-electron chi connectivity index (χ4n) is 4.09. The Kier molecular flexibility index (Phi) is 7.00. The predicted molar refractivity (Wildman–Crippen MR) is 118 cm³/mol. The first kappa shape index (κ1) is 22.6. The van der Waals surface area contributed by atoms with Gasteiger partial charge >= 0.3 is 5.97 Å². The zero-order valence-corrected chi connectivity index (χ0v) is 18.5. The molecule has 0 radical (unpaired) electrons. The summed E-state index contributed by atoms with van der Waals surface area (Å²) in [6, 6.07) is 5.86. The number of Topliss-reactive ketones (excluding diaryl/α,β-unsaturated/α-hetero) is 1. The van der Waals surface area contributed by atoms with Crippen LogP contribution >= 0.6 is 12.6 Å². The standard InChI is InChI=1S/C22H26FN5O3S/c23-17-5-2-1-4-16(17)21(22(31)14-7-8-14)27-11-9-18(32)15(13-27)12-19-24-25-26-28(19)10-3-6-20(29)30/h1-2,4-5,12,14,18,21,32H,3,6-11,13H2,(H,29,30). The van der Waals surface area contributed by atoms with Crippen molar-refractivity contribution in [2.45, 2.75) is 49.9 Å². The summed E-state index contributed by atoms with van der Waals surface area (Å²) in [4.78, 5) is 26.0. The number of nitrogens with zero attached hydrogens (tertiary/aromatic N) is 5. The number of likely N-dealkylation sites (tertiary alicyclic amines) is 1. The van der Waals surface area contributed by atoms with E-state index in [9.17, 15) is 14.0 Å². The van der Waals surface area contributed by atoms with E-state index in [4.69, 9.17) is 17.7 Å². The van der Waals surface area contributed by atoms with E-state index in [2.05, 4.69) is 15.5 Å². The van der Waals surface area contributed by atoms with Gasteiger partial charge in [0.1, 0.15) is 5.82 Å². The lowest BCUT2D eigenvalue weighted by Gasteiger charge is -2.37. The van der Waals surface area contributed by atoms with E-state index >= 15 is 0 Å². The van der Waals surface area contributed by atoms with Crippen LogP contribution < -0.4 is 0 Å². The molecule has 10 heteroatoms. The minimum Gasteiger partial charge on any atom is -0.481 e. The Morgan fingerprint density at radius 2 is 2.06 bits per heavy atom. The molecule has 1 saturated heterocycles. The molecular formula is C22H26FN5O3S. The van der Waals surface area contributed by atoms with Crippen molar-refractivity contribution < 1.29 is 19.1 Å². The molecule has 2 aromatic rings. The highest BCUT2D eigenvalue weighted by molar-refractivity contribution is 7.81. The summed E-state index contributed by atoms with van der Waals surface area (Å²) < 4.78 is 16.2. The van der Waals surface area contributed by atoms with Crippen LogP contribution in [0.2, 0.25) is 0 Å². The lowest BCUT2D eigenvalue weighted by atomic mass is 9.93. The number of benzene rings is 1. The van der Waals surface area contributed by atoms with Gasteiger partial charge in [-0.2, -0.15) is 12.6 Å². The summed E-state index contributed by atoms with van der Waals surface area (Å²) in [5.74, 6) is -0.640. The van der Waals surface area contributed by atoms with E-state index in [1.165, 1.54) is 6.07 Å². The first-order valence-electron chi connectivity index (χ1n) is 10.8. The minimum absolute atomic E-state index is 0.00212. The van der Waals surface area contributed by atoms with Gasteiger partial charge in [0.15, 0.2) is 11.6 Å². The number of aliphatic carboxylic acids is 1. The number of ketones is 1. The number of carboxylic acids is 1. The zero-order valence-electron chi connectivity index (χ0n) is 17.6. The van der Waals surface area contributed by atoms with E-state index < -0.39 is 12.0 Å². The van der Waals surface area contributed by atoms with Crippen molar-refractivity contribution in [3.05, 3.63) is 47.0 Å². The molecule has 1 aromatic heterocycles. The molecule has 2 heterocycles. The maximum atomic E-state index is 14.7. The molecule has 8 nitrogen and oxygen atoms in total. The number of halogens is 1. The van der Waals surface area contributed by atoms with Crippen molar-refractivity contribution in [3.8, 4) is 0 Å². The van der Waals surface area contributed by atoms with Gasteiger partial charge < -0.3 is 5.11 Å². The fraction of sp³-hybridized carbons (Fsp3) is 0.500. The maximum Gasteiger partial charge on any atom is 0.303 e. The van der Waals surface area contributed by atoms with E-state index in [1.807, 2.05) is 11.0 Å². The number of carboxylic acid groups (broad SMARTS) is 1. The molecule has 2 aliphatic rings. The normalized spacial score (nSPS) is 21.6. The highest BCUT2D eigenvalue weighted by Gasteiger charge is 2.40. The fourth-order valence-corrected chi connectivity index (χ4v) is 4.36. The van der Waals surface area contributed by atoms with Crippen LogP contribution in [0.25, 0.3) is 6.08 Å². The summed E-state index contributed by atoms with van der Waals surface area (Å²) in [7, 11) is 0. The molecule has 1 N–H and O–H groups in total. The highest BCUT2D eigenvalue weighted by atomic mass is 32.1. The molecule has 1 aromatic carbocycles. The van der Waals surface area contributed by atoms with Crippen LogP contribution in [0.4, 0.5) is 4.39 Å². The number of hydrogen-bond donors (Lipinski definition) is 2. The Balaban J connectivity index is 1.57. The number of rotatable bonds is 9. The third-order valence-corrected chi connectivity index (χ3v) is 6.54.